The zero-order valence-corrected chi connectivity index (χ0v) is 7.51. The number of nitrogens with two attached hydrogens (primary N) is 1. The van der Waals surface area contributed by atoms with Gasteiger partial charge in [-0.15, -0.1) is 12.4 Å². The van der Waals surface area contributed by atoms with Crippen LogP contribution in [0.4, 0.5) is 5.69 Å². The Balaban J connectivity index is 0.000000720. The molecule has 1 aromatic carbocycles. The van der Waals surface area contributed by atoms with Crippen molar-refractivity contribution in [3.63, 3.8) is 0 Å². The minimum absolute atomic E-state index is 0. The SMILES string of the molecule is Cl.Cn1ncc2ccc(N)cc21. The number of anilines is 1. The fourth-order valence-corrected chi connectivity index (χ4v) is 1.16. The minimum atomic E-state index is 0. The van der Waals surface area contributed by atoms with Crippen molar-refractivity contribution in [3.8, 4) is 0 Å². The van der Waals surface area contributed by atoms with Gasteiger partial charge in [0.05, 0.1) is 11.7 Å². The van der Waals surface area contributed by atoms with E-state index in [1.807, 2.05) is 36.1 Å². The van der Waals surface area contributed by atoms with Crippen LogP contribution in [0.5, 0.6) is 0 Å². The Morgan fingerprint density at radius 3 is 2.92 bits per heavy atom. The molecule has 12 heavy (non-hydrogen) atoms. The van der Waals surface area contributed by atoms with Crippen LogP contribution >= 0.6 is 12.4 Å². The second-order valence-corrected chi connectivity index (χ2v) is 2.59. The number of halogens is 1. The second-order valence-electron chi connectivity index (χ2n) is 2.59. The lowest BCUT2D eigenvalue weighted by Crippen LogP contribution is -1.90. The van der Waals surface area contributed by atoms with Crippen molar-refractivity contribution < 1.29 is 0 Å². The normalized spacial score (nSPS) is 9.75. The van der Waals surface area contributed by atoms with Gasteiger partial charge >= 0.3 is 0 Å². The zero-order valence-electron chi connectivity index (χ0n) is 6.69. The third kappa shape index (κ3) is 1.23. The molecule has 0 amide bonds. The summed E-state index contributed by atoms with van der Waals surface area (Å²) in [4.78, 5) is 0. The standard InChI is InChI=1S/C8H9N3.ClH/c1-11-8-4-7(9)3-2-6(8)5-10-11;/h2-5H,9H2,1H3;1H. The van der Waals surface area contributed by atoms with Gasteiger partial charge in [-0.05, 0) is 18.2 Å². The first kappa shape index (κ1) is 8.87. The summed E-state index contributed by atoms with van der Waals surface area (Å²) in [5.74, 6) is 0. The fourth-order valence-electron chi connectivity index (χ4n) is 1.16. The number of benzene rings is 1. The molecule has 0 aliphatic rings. The molecule has 2 N–H and O–H groups in total. The number of hydrogen-bond donors (Lipinski definition) is 1. The highest BCUT2D eigenvalue weighted by atomic mass is 35.5. The Hall–Kier alpha value is -1.22. The molecule has 0 unspecified atom stereocenters. The first-order valence-corrected chi connectivity index (χ1v) is 3.44. The Kier molecular flexibility index (Phi) is 2.24. The van der Waals surface area contributed by atoms with E-state index in [2.05, 4.69) is 5.10 Å². The van der Waals surface area contributed by atoms with Crippen LogP contribution in [0.2, 0.25) is 0 Å². The fraction of sp³-hybridized carbons (Fsp3) is 0.125. The topological polar surface area (TPSA) is 43.8 Å². The molecule has 0 aliphatic heterocycles. The third-order valence-electron chi connectivity index (χ3n) is 1.77. The van der Waals surface area contributed by atoms with Crippen molar-refractivity contribution in [1.82, 2.24) is 9.78 Å². The summed E-state index contributed by atoms with van der Waals surface area (Å²) < 4.78 is 1.81. The van der Waals surface area contributed by atoms with Gasteiger partial charge in [0, 0.05) is 18.1 Å². The van der Waals surface area contributed by atoms with E-state index >= 15 is 0 Å². The Morgan fingerprint density at radius 1 is 1.42 bits per heavy atom. The van der Waals surface area contributed by atoms with E-state index in [1.54, 1.807) is 0 Å². The summed E-state index contributed by atoms with van der Waals surface area (Å²) in [5.41, 5.74) is 7.46. The number of fused-ring (bicyclic) bond motifs is 1. The lowest BCUT2D eigenvalue weighted by atomic mass is 10.2. The number of aryl methyl sites for hydroxylation is 1. The first-order chi connectivity index (χ1) is 5.27. The maximum Gasteiger partial charge on any atom is 0.0699 e. The van der Waals surface area contributed by atoms with Crippen LogP contribution in [0.3, 0.4) is 0 Å². The Labute approximate surface area is 76.6 Å². The van der Waals surface area contributed by atoms with Crippen LogP contribution in [0.25, 0.3) is 10.9 Å². The number of hydrogen-bond acceptors (Lipinski definition) is 2. The van der Waals surface area contributed by atoms with Crippen molar-refractivity contribution in [1.29, 1.82) is 0 Å². The summed E-state index contributed by atoms with van der Waals surface area (Å²) >= 11 is 0. The van der Waals surface area contributed by atoms with Gasteiger partial charge in [-0.25, -0.2) is 0 Å². The molecule has 2 aromatic rings. The molecule has 0 aliphatic carbocycles. The van der Waals surface area contributed by atoms with Crippen molar-refractivity contribution >= 4 is 29.0 Å². The molecule has 0 saturated heterocycles. The molecule has 4 heteroatoms. The number of aromatic nitrogens is 2. The molecule has 0 spiro atoms. The van der Waals surface area contributed by atoms with Crippen LogP contribution in [0.15, 0.2) is 24.4 Å². The Bertz CT molecular complexity index is 394. The summed E-state index contributed by atoms with van der Waals surface area (Å²) in [6.45, 7) is 0. The van der Waals surface area contributed by atoms with Gasteiger partial charge in [0.25, 0.3) is 0 Å². The number of rotatable bonds is 0. The molecule has 0 atom stereocenters. The quantitative estimate of drug-likeness (QED) is 0.631. The molecule has 64 valence electrons. The summed E-state index contributed by atoms with van der Waals surface area (Å²) in [7, 11) is 1.90. The zero-order chi connectivity index (χ0) is 7.84. The van der Waals surface area contributed by atoms with Crippen LogP contribution in [0.1, 0.15) is 0 Å². The van der Waals surface area contributed by atoms with E-state index in [1.165, 1.54) is 0 Å². The summed E-state index contributed by atoms with van der Waals surface area (Å²) in [5, 5.41) is 5.22. The maximum atomic E-state index is 5.61. The molecular weight excluding hydrogens is 174 g/mol. The lowest BCUT2D eigenvalue weighted by molar-refractivity contribution is 0.797. The Morgan fingerprint density at radius 2 is 2.17 bits per heavy atom. The van der Waals surface area contributed by atoms with Crippen molar-refractivity contribution in [2.24, 2.45) is 7.05 Å². The maximum absolute atomic E-state index is 5.61. The van der Waals surface area contributed by atoms with Crippen LogP contribution < -0.4 is 5.73 Å². The van der Waals surface area contributed by atoms with E-state index in [-0.39, 0.29) is 12.4 Å². The lowest BCUT2D eigenvalue weighted by Gasteiger charge is -1.94. The summed E-state index contributed by atoms with van der Waals surface area (Å²) in [6, 6.07) is 5.77. The summed E-state index contributed by atoms with van der Waals surface area (Å²) in [6.07, 6.45) is 1.83. The van der Waals surface area contributed by atoms with E-state index in [4.69, 9.17) is 5.73 Å². The second kappa shape index (κ2) is 3.03. The molecule has 1 aromatic heterocycles. The van der Waals surface area contributed by atoms with Gasteiger partial charge in [0.2, 0.25) is 0 Å². The van der Waals surface area contributed by atoms with E-state index in [0.29, 0.717) is 0 Å². The average molecular weight is 184 g/mol. The molecule has 0 saturated carbocycles. The highest BCUT2D eigenvalue weighted by Gasteiger charge is 1.97. The van der Waals surface area contributed by atoms with Gasteiger partial charge < -0.3 is 5.73 Å². The van der Waals surface area contributed by atoms with Crippen molar-refractivity contribution in [2.45, 2.75) is 0 Å². The van der Waals surface area contributed by atoms with Gasteiger partial charge in [0.1, 0.15) is 0 Å². The molecule has 2 rings (SSSR count). The van der Waals surface area contributed by atoms with Crippen molar-refractivity contribution in [3.05, 3.63) is 24.4 Å². The smallest absolute Gasteiger partial charge is 0.0699 e. The number of nitrogens with zero attached hydrogens (tertiary/aromatic N) is 2. The van der Waals surface area contributed by atoms with Crippen LogP contribution in [-0.4, -0.2) is 9.78 Å². The van der Waals surface area contributed by atoms with Gasteiger partial charge in [-0.2, -0.15) is 5.10 Å². The first-order valence-electron chi connectivity index (χ1n) is 3.44. The molecular formula is C8H10ClN3. The molecule has 0 bridgehead atoms. The van der Waals surface area contributed by atoms with Gasteiger partial charge in [0.15, 0.2) is 0 Å². The molecule has 0 fully saturated rings. The van der Waals surface area contributed by atoms with Gasteiger partial charge in [-0.1, -0.05) is 0 Å². The highest BCUT2D eigenvalue weighted by Crippen LogP contribution is 2.15. The van der Waals surface area contributed by atoms with E-state index in [0.717, 1.165) is 16.6 Å². The average Bonchev–Trinajstić information content (AvgIpc) is 2.33. The predicted octanol–water partition coefficient (Wildman–Crippen LogP) is 1.58. The molecule has 1 heterocycles. The van der Waals surface area contributed by atoms with Crippen LogP contribution in [-0.2, 0) is 7.05 Å². The monoisotopic (exact) mass is 183 g/mol. The third-order valence-corrected chi connectivity index (χ3v) is 1.77. The van der Waals surface area contributed by atoms with Crippen LogP contribution in [0, 0.1) is 0 Å². The predicted molar refractivity (Wildman–Crippen MR) is 52.4 cm³/mol. The minimum Gasteiger partial charge on any atom is -0.399 e. The highest BCUT2D eigenvalue weighted by molar-refractivity contribution is 5.85. The molecule has 0 radical (unpaired) electrons. The van der Waals surface area contributed by atoms with E-state index < -0.39 is 0 Å². The van der Waals surface area contributed by atoms with Gasteiger partial charge in [-0.3, -0.25) is 4.68 Å². The van der Waals surface area contributed by atoms with E-state index in [9.17, 15) is 0 Å². The largest absolute Gasteiger partial charge is 0.399 e. The number of nitrogen functional groups attached to an aromatic ring is 1. The molecule has 3 nitrogen and oxygen atoms in total. The van der Waals surface area contributed by atoms with Crippen molar-refractivity contribution in [2.75, 3.05) is 5.73 Å².